The van der Waals surface area contributed by atoms with Crippen LogP contribution < -0.4 is 4.72 Å². The fourth-order valence-electron chi connectivity index (χ4n) is 2.40. The summed E-state index contributed by atoms with van der Waals surface area (Å²) in [5.74, 6) is 0. The lowest BCUT2D eigenvalue weighted by molar-refractivity contribution is 0.601. The first-order valence-electron chi connectivity index (χ1n) is 8.23. The third-order valence-electron chi connectivity index (χ3n) is 3.92. The summed E-state index contributed by atoms with van der Waals surface area (Å²) in [6.07, 6.45) is 1.66. The van der Waals surface area contributed by atoms with Gasteiger partial charge < -0.3 is 0 Å². The molecule has 0 amide bonds. The number of benzene rings is 3. The molecule has 0 aromatic heterocycles. The van der Waals surface area contributed by atoms with Crippen LogP contribution in [0.1, 0.15) is 16.7 Å². The van der Waals surface area contributed by atoms with E-state index in [1.807, 2.05) is 50.2 Å². The molecule has 0 bridgehead atoms. The summed E-state index contributed by atoms with van der Waals surface area (Å²) in [7, 11) is -3.65. The van der Waals surface area contributed by atoms with Crippen molar-refractivity contribution in [2.75, 3.05) is 4.72 Å². The first-order valence-corrected chi connectivity index (χ1v) is 9.72. The molecule has 5 heteroatoms. The van der Waals surface area contributed by atoms with Gasteiger partial charge in [0.25, 0.3) is 10.0 Å². The number of para-hydroxylation sites is 1. The summed E-state index contributed by atoms with van der Waals surface area (Å²) in [6.45, 7) is 3.93. The van der Waals surface area contributed by atoms with Crippen molar-refractivity contribution in [1.29, 1.82) is 0 Å². The number of nitrogens with zero attached hydrogens (tertiary/aromatic N) is 1. The zero-order valence-electron chi connectivity index (χ0n) is 14.7. The molecule has 3 rings (SSSR count). The van der Waals surface area contributed by atoms with Gasteiger partial charge in [0.15, 0.2) is 0 Å². The van der Waals surface area contributed by atoms with Crippen LogP contribution in [0.5, 0.6) is 0 Å². The van der Waals surface area contributed by atoms with Crippen molar-refractivity contribution in [3.63, 3.8) is 0 Å². The van der Waals surface area contributed by atoms with Gasteiger partial charge in [-0.1, -0.05) is 53.6 Å². The highest BCUT2D eigenvalue weighted by Crippen LogP contribution is 2.20. The Morgan fingerprint density at radius 3 is 2.04 bits per heavy atom. The van der Waals surface area contributed by atoms with E-state index in [0.717, 1.165) is 16.8 Å². The van der Waals surface area contributed by atoms with Crippen molar-refractivity contribution in [3.8, 4) is 0 Å². The molecule has 0 spiro atoms. The van der Waals surface area contributed by atoms with Crippen LogP contribution >= 0.6 is 0 Å². The number of anilines is 1. The number of sulfonamides is 1. The highest BCUT2D eigenvalue weighted by atomic mass is 32.2. The molecule has 0 aliphatic carbocycles. The van der Waals surface area contributed by atoms with E-state index in [2.05, 4.69) is 9.71 Å². The second kappa shape index (κ2) is 7.54. The minimum Gasteiger partial charge on any atom is -0.279 e. The number of nitrogens with one attached hydrogen (secondary N) is 1. The minimum atomic E-state index is -3.65. The van der Waals surface area contributed by atoms with Crippen LogP contribution in [-0.4, -0.2) is 14.6 Å². The van der Waals surface area contributed by atoms with Gasteiger partial charge in [-0.3, -0.25) is 9.71 Å². The molecule has 0 atom stereocenters. The van der Waals surface area contributed by atoms with Gasteiger partial charge >= 0.3 is 0 Å². The summed E-state index contributed by atoms with van der Waals surface area (Å²) >= 11 is 0. The topological polar surface area (TPSA) is 58.5 Å². The number of aliphatic imine (C=N–C) groups is 1. The van der Waals surface area contributed by atoms with Crippen LogP contribution in [0.25, 0.3) is 0 Å². The fourth-order valence-corrected chi connectivity index (χ4v) is 3.49. The number of rotatable bonds is 5. The monoisotopic (exact) mass is 364 g/mol. The molecule has 0 saturated heterocycles. The van der Waals surface area contributed by atoms with Crippen molar-refractivity contribution in [1.82, 2.24) is 0 Å². The van der Waals surface area contributed by atoms with Gasteiger partial charge in [0.05, 0.1) is 16.3 Å². The second-order valence-corrected chi connectivity index (χ2v) is 7.78. The average molecular weight is 364 g/mol. The maximum atomic E-state index is 12.6. The van der Waals surface area contributed by atoms with E-state index >= 15 is 0 Å². The van der Waals surface area contributed by atoms with E-state index in [-0.39, 0.29) is 4.90 Å². The van der Waals surface area contributed by atoms with Gasteiger partial charge in [0.2, 0.25) is 0 Å². The first kappa shape index (κ1) is 17.9. The smallest absolute Gasteiger partial charge is 0.261 e. The molecule has 3 aromatic rings. The molecule has 26 heavy (non-hydrogen) atoms. The van der Waals surface area contributed by atoms with Gasteiger partial charge in [-0.15, -0.1) is 0 Å². The molecule has 0 fully saturated rings. The predicted octanol–water partition coefficient (Wildman–Crippen LogP) is 4.85. The van der Waals surface area contributed by atoms with Gasteiger partial charge in [0, 0.05) is 11.8 Å². The zero-order valence-corrected chi connectivity index (χ0v) is 15.5. The van der Waals surface area contributed by atoms with Crippen LogP contribution in [0, 0.1) is 13.8 Å². The molecule has 3 aromatic carbocycles. The lowest BCUT2D eigenvalue weighted by Crippen LogP contribution is -2.14. The summed E-state index contributed by atoms with van der Waals surface area (Å²) in [6, 6.07) is 21.7. The van der Waals surface area contributed by atoms with E-state index in [0.29, 0.717) is 11.3 Å². The maximum absolute atomic E-state index is 12.6. The highest BCUT2D eigenvalue weighted by Gasteiger charge is 2.15. The van der Waals surface area contributed by atoms with E-state index in [1.165, 1.54) is 0 Å². The molecular weight excluding hydrogens is 344 g/mol. The van der Waals surface area contributed by atoms with Crippen molar-refractivity contribution >= 4 is 27.6 Å². The Morgan fingerprint density at radius 1 is 0.808 bits per heavy atom. The maximum Gasteiger partial charge on any atom is 0.261 e. The Morgan fingerprint density at radius 2 is 1.38 bits per heavy atom. The Bertz CT molecular complexity index is 1020. The lowest BCUT2D eigenvalue weighted by Gasteiger charge is -2.10. The summed E-state index contributed by atoms with van der Waals surface area (Å²) in [4.78, 5) is 4.66. The zero-order chi connectivity index (χ0) is 18.6. The Hall–Kier alpha value is -2.92. The Kier molecular flexibility index (Phi) is 5.19. The second-order valence-electron chi connectivity index (χ2n) is 6.10. The predicted molar refractivity (Wildman–Crippen MR) is 107 cm³/mol. The van der Waals surface area contributed by atoms with Gasteiger partial charge in [-0.25, -0.2) is 8.42 Å². The number of hydrogen-bond donors (Lipinski definition) is 1. The summed E-state index contributed by atoms with van der Waals surface area (Å²) in [5.41, 5.74) is 4.17. The quantitative estimate of drug-likeness (QED) is 0.658. The molecule has 1 N–H and O–H groups in total. The van der Waals surface area contributed by atoms with Crippen LogP contribution in [0.3, 0.4) is 0 Å². The SMILES string of the molecule is Cc1ccc(N=Cc2ccccc2NS(=O)(=O)c2ccc(C)cc2)cc1. The van der Waals surface area contributed by atoms with Crippen molar-refractivity contribution < 1.29 is 8.42 Å². The molecule has 4 nitrogen and oxygen atoms in total. The van der Waals surface area contributed by atoms with E-state index in [9.17, 15) is 8.42 Å². The normalized spacial score (nSPS) is 11.6. The number of aryl methyl sites for hydroxylation is 2. The molecular formula is C21H20N2O2S. The van der Waals surface area contributed by atoms with Crippen molar-refractivity contribution in [2.24, 2.45) is 4.99 Å². The van der Waals surface area contributed by atoms with Crippen molar-refractivity contribution in [3.05, 3.63) is 89.5 Å². The van der Waals surface area contributed by atoms with Crippen LogP contribution in [0.15, 0.2) is 82.7 Å². The van der Waals surface area contributed by atoms with E-state index < -0.39 is 10.0 Å². The van der Waals surface area contributed by atoms with Crippen LogP contribution in [-0.2, 0) is 10.0 Å². The molecule has 0 radical (unpaired) electrons. The average Bonchev–Trinajstić information content (AvgIpc) is 2.62. The molecule has 0 heterocycles. The standard InChI is InChI=1S/C21H20N2O2S/c1-16-7-11-19(12-8-16)22-15-18-5-3-4-6-21(18)23-26(24,25)20-13-9-17(2)10-14-20/h3-15,23H,1-2H3. The third-order valence-corrected chi connectivity index (χ3v) is 5.30. The van der Waals surface area contributed by atoms with Gasteiger partial charge in [-0.05, 0) is 44.2 Å². The fraction of sp³-hybridized carbons (Fsp3) is 0.0952. The molecule has 132 valence electrons. The third kappa shape index (κ3) is 4.37. The van der Waals surface area contributed by atoms with Crippen molar-refractivity contribution in [2.45, 2.75) is 18.7 Å². The molecule has 0 aliphatic heterocycles. The lowest BCUT2D eigenvalue weighted by atomic mass is 10.2. The number of hydrogen-bond acceptors (Lipinski definition) is 3. The minimum absolute atomic E-state index is 0.230. The van der Waals surface area contributed by atoms with Gasteiger partial charge in [0.1, 0.15) is 0 Å². The molecule has 0 saturated carbocycles. The molecule has 0 aliphatic rings. The molecule has 0 unspecified atom stereocenters. The first-order chi connectivity index (χ1) is 12.4. The van der Waals surface area contributed by atoms with E-state index in [1.54, 1.807) is 42.6 Å². The van der Waals surface area contributed by atoms with Crippen LogP contribution in [0.4, 0.5) is 11.4 Å². The van der Waals surface area contributed by atoms with E-state index in [4.69, 9.17) is 0 Å². The summed E-state index contributed by atoms with van der Waals surface area (Å²) in [5, 5.41) is 0. The Balaban J connectivity index is 1.87. The summed E-state index contributed by atoms with van der Waals surface area (Å²) < 4.78 is 27.9. The van der Waals surface area contributed by atoms with Crippen LogP contribution in [0.2, 0.25) is 0 Å². The largest absolute Gasteiger partial charge is 0.279 e. The van der Waals surface area contributed by atoms with Gasteiger partial charge in [-0.2, -0.15) is 0 Å². The highest BCUT2D eigenvalue weighted by molar-refractivity contribution is 7.92. The Labute approximate surface area is 154 Å².